The van der Waals surface area contributed by atoms with Gasteiger partial charge >= 0.3 is 0 Å². The van der Waals surface area contributed by atoms with E-state index >= 15 is 0 Å². The highest BCUT2D eigenvalue weighted by Crippen LogP contribution is 2.67. The normalized spacial score (nSPS) is 49.0. The quantitative estimate of drug-likeness (QED) is 0.390. The summed E-state index contributed by atoms with van der Waals surface area (Å²) in [5.41, 5.74) is 8.53. The molecule has 0 aromatic carbocycles. The Bertz CT molecular complexity index is 308. The highest BCUT2D eigenvalue weighted by atomic mass is 16.3. The van der Waals surface area contributed by atoms with Gasteiger partial charge in [0, 0.05) is 4.91 Å². The lowest BCUT2D eigenvalue weighted by Crippen LogP contribution is -2.66. The van der Waals surface area contributed by atoms with Crippen LogP contribution in [0.4, 0.5) is 0 Å². The van der Waals surface area contributed by atoms with E-state index < -0.39 is 6.10 Å². The third-order valence-corrected chi connectivity index (χ3v) is 4.91. The molecule has 0 heterocycles. The largest absolute Gasteiger partial charge is 0.392 e. The van der Waals surface area contributed by atoms with Gasteiger partial charge in [-0.3, -0.25) is 0 Å². The van der Waals surface area contributed by atoms with Gasteiger partial charge in [-0.25, -0.2) is 0 Å². The van der Waals surface area contributed by atoms with Crippen LogP contribution >= 0.6 is 0 Å². The van der Waals surface area contributed by atoms with Gasteiger partial charge in [-0.15, -0.1) is 0 Å². The SMILES string of the molecule is CC1(C)[C@H]2C[C@H](N=[N+]=[N-])[C@H](O)[C@]1(C)C2. The number of hydrogen-bond donors (Lipinski definition) is 1. The molecule has 2 bridgehead atoms. The summed E-state index contributed by atoms with van der Waals surface area (Å²) in [6, 6.07) is -0.211. The van der Waals surface area contributed by atoms with Gasteiger partial charge < -0.3 is 5.11 Å². The molecular formula is C10H17N3O. The van der Waals surface area contributed by atoms with Crippen molar-refractivity contribution in [1.29, 1.82) is 0 Å². The number of nitrogens with zero attached hydrogens (tertiary/aromatic N) is 3. The van der Waals surface area contributed by atoms with E-state index in [1.807, 2.05) is 0 Å². The topological polar surface area (TPSA) is 69.0 Å². The van der Waals surface area contributed by atoms with Crippen molar-refractivity contribution in [3.8, 4) is 0 Å². The van der Waals surface area contributed by atoms with Crippen LogP contribution in [0.25, 0.3) is 10.4 Å². The lowest BCUT2D eigenvalue weighted by molar-refractivity contribution is -0.221. The average Bonchev–Trinajstić information content (AvgIpc) is 2.12. The van der Waals surface area contributed by atoms with E-state index in [1.165, 1.54) is 0 Å². The first-order valence-corrected chi connectivity index (χ1v) is 5.16. The molecule has 0 radical (unpaired) electrons. The molecule has 0 amide bonds. The monoisotopic (exact) mass is 195 g/mol. The number of hydrogen-bond acceptors (Lipinski definition) is 2. The first kappa shape index (κ1) is 9.81. The summed E-state index contributed by atoms with van der Waals surface area (Å²) in [7, 11) is 0. The maximum atomic E-state index is 10.1. The highest BCUT2D eigenvalue weighted by molar-refractivity contribution is 5.16. The van der Waals surface area contributed by atoms with Crippen molar-refractivity contribution < 1.29 is 5.11 Å². The van der Waals surface area contributed by atoms with Crippen LogP contribution in [0, 0.1) is 16.7 Å². The molecule has 14 heavy (non-hydrogen) atoms. The second-order valence-electron chi connectivity index (χ2n) is 5.49. The lowest BCUT2D eigenvalue weighted by Gasteiger charge is -2.67. The van der Waals surface area contributed by atoms with Crippen LogP contribution in [0.15, 0.2) is 5.11 Å². The minimum absolute atomic E-state index is 0.0607. The number of rotatable bonds is 1. The zero-order valence-electron chi connectivity index (χ0n) is 8.94. The predicted octanol–water partition coefficient (Wildman–Crippen LogP) is 2.48. The van der Waals surface area contributed by atoms with Crippen LogP contribution in [0.5, 0.6) is 0 Å². The molecule has 0 aliphatic heterocycles. The molecule has 3 fully saturated rings. The summed E-state index contributed by atoms with van der Waals surface area (Å²) in [6.07, 6.45) is 1.44. The van der Waals surface area contributed by atoms with E-state index in [0.717, 1.165) is 12.8 Å². The first-order chi connectivity index (χ1) is 6.43. The molecule has 78 valence electrons. The van der Waals surface area contributed by atoms with Crippen LogP contribution in [0.2, 0.25) is 0 Å². The van der Waals surface area contributed by atoms with Crippen molar-refractivity contribution >= 4 is 0 Å². The minimum atomic E-state index is -0.474. The van der Waals surface area contributed by atoms with Gasteiger partial charge in [0.1, 0.15) is 0 Å². The summed E-state index contributed by atoms with van der Waals surface area (Å²) in [6.45, 7) is 6.51. The van der Waals surface area contributed by atoms with Crippen molar-refractivity contribution in [3.63, 3.8) is 0 Å². The highest BCUT2D eigenvalue weighted by Gasteiger charge is 2.65. The lowest BCUT2D eigenvalue weighted by atomic mass is 9.39. The third kappa shape index (κ3) is 0.904. The smallest absolute Gasteiger partial charge is 0.0683 e. The molecule has 4 atom stereocenters. The maximum Gasteiger partial charge on any atom is 0.0683 e. The zero-order chi connectivity index (χ0) is 10.6. The van der Waals surface area contributed by atoms with E-state index in [2.05, 4.69) is 30.8 Å². The number of aliphatic hydroxyl groups excluding tert-OH is 1. The second-order valence-corrected chi connectivity index (χ2v) is 5.49. The molecule has 3 saturated carbocycles. The molecule has 0 unspecified atom stereocenters. The van der Waals surface area contributed by atoms with E-state index in [1.54, 1.807) is 0 Å². The molecular weight excluding hydrogens is 178 g/mol. The molecule has 4 nitrogen and oxygen atoms in total. The van der Waals surface area contributed by atoms with Gasteiger partial charge in [0.25, 0.3) is 0 Å². The van der Waals surface area contributed by atoms with Crippen LogP contribution < -0.4 is 0 Å². The summed E-state index contributed by atoms with van der Waals surface area (Å²) >= 11 is 0. The van der Waals surface area contributed by atoms with Crippen LogP contribution in [0.1, 0.15) is 33.6 Å². The van der Waals surface area contributed by atoms with Crippen LogP contribution in [-0.2, 0) is 0 Å². The van der Waals surface area contributed by atoms with Gasteiger partial charge in [-0.1, -0.05) is 25.9 Å². The molecule has 0 aromatic rings. The Morgan fingerprint density at radius 1 is 1.43 bits per heavy atom. The Morgan fingerprint density at radius 3 is 2.57 bits per heavy atom. The van der Waals surface area contributed by atoms with Crippen molar-refractivity contribution in [1.82, 2.24) is 0 Å². The molecule has 3 aliphatic rings. The molecule has 0 aromatic heterocycles. The average molecular weight is 195 g/mol. The maximum absolute atomic E-state index is 10.1. The predicted molar refractivity (Wildman–Crippen MR) is 53.6 cm³/mol. The van der Waals surface area contributed by atoms with Crippen LogP contribution in [0.3, 0.4) is 0 Å². The number of fused-ring (bicyclic) bond motifs is 2. The Morgan fingerprint density at radius 2 is 2.07 bits per heavy atom. The van der Waals surface area contributed by atoms with Crippen molar-refractivity contribution in [2.45, 2.75) is 45.8 Å². The molecule has 1 N–H and O–H groups in total. The van der Waals surface area contributed by atoms with Gasteiger partial charge in [0.05, 0.1) is 12.1 Å². The molecule has 0 spiro atoms. The van der Waals surface area contributed by atoms with Crippen LogP contribution in [-0.4, -0.2) is 17.3 Å². The van der Waals surface area contributed by atoms with E-state index in [0.29, 0.717) is 5.92 Å². The van der Waals surface area contributed by atoms with Gasteiger partial charge in [0.15, 0.2) is 0 Å². The summed E-state index contributed by atoms with van der Waals surface area (Å²) < 4.78 is 0. The molecule has 3 aliphatic carbocycles. The number of azide groups is 1. The summed E-state index contributed by atoms with van der Waals surface area (Å²) in [5, 5.41) is 13.8. The fraction of sp³-hybridized carbons (Fsp3) is 1.00. The minimum Gasteiger partial charge on any atom is -0.392 e. The molecule has 0 saturated heterocycles. The van der Waals surface area contributed by atoms with E-state index in [-0.39, 0.29) is 16.9 Å². The van der Waals surface area contributed by atoms with E-state index in [9.17, 15) is 5.11 Å². The number of aliphatic hydroxyl groups is 1. The summed E-state index contributed by atoms with van der Waals surface area (Å²) in [5.74, 6) is 0.603. The van der Waals surface area contributed by atoms with E-state index in [4.69, 9.17) is 5.53 Å². The fourth-order valence-electron chi connectivity index (χ4n) is 3.27. The Balaban J connectivity index is 2.28. The Labute approximate surface area is 83.9 Å². The fourth-order valence-corrected chi connectivity index (χ4v) is 3.27. The standard InChI is InChI=1S/C10H17N3O/c1-9(2)6-4-7(12-13-11)8(14)10(9,3)5-6/h6-8,14H,4-5H2,1-3H3/t6-,7-,8-,10-/m0/s1. The van der Waals surface area contributed by atoms with Gasteiger partial charge in [-0.05, 0) is 35.1 Å². The van der Waals surface area contributed by atoms with Crippen molar-refractivity contribution in [2.24, 2.45) is 21.9 Å². The van der Waals surface area contributed by atoms with Crippen molar-refractivity contribution in [2.75, 3.05) is 0 Å². The Kier molecular flexibility index (Phi) is 1.85. The summed E-state index contributed by atoms with van der Waals surface area (Å²) in [4.78, 5) is 2.81. The molecule has 4 heteroatoms. The first-order valence-electron chi connectivity index (χ1n) is 5.16. The molecule has 3 rings (SSSR count). The van der Waals surface area contributed by atoms with Gasteiger partial charge in [0.2, 0.25) is 0 Å². The van der Waals surface area contributed by atoms with Crippen molar-refractivity contribution in [3.05, 3.63) is 10.4 Å². The second kappa shape index (κ2) is 2.65. The third-order valence-electron chi connectivity index (χ3n) is 4.91. The van der Waals surface area contributed by atoms with Gasteiger partial charge in [-0.2, -0.15) is 0 Å². The zero-order valence-corrected chi connectivity index (χ0v) is 8.94. The Hall–Kier alpha value is -0.730.